The maximum Gasteiger partial charge on any atom is 0.246 e. The van der Waals surface area contributed by atoms with Crippen molar-refractivity contribution < 1.29 is 9.86 Å². The fourth-order valence-corrected chi connectivity index (χ4v) is 2.55. The molecular formula is C18H18N2O2. The van der Waals surface area contributed by atoms with Crippen LogP contribution in [0.5, 0.6) is 0 Å². The van der Waals surface area contributed by atoms with Crippen molar-refractivity contribution in [1.29, 1.82) is 0 Å². The van der Waals surface area contributed by atoms with Gasteiger partial charge in [0.05, 0.1) is 0 Å². The van der Waals surface area contributed by atoms with E-state index in [1.165, 1.54) is 0 Å². The van der Waals surface area contributed by atoms with Crippen LogP contribution in [0.1, 0.15) is 28.4 Å². The van der Waals surface area contributed by atoms with Gasteiger partial charge < -0.3 is 15.6 Å². The van der Waals surface area contributed by atoms with Gasteiger partial charge >= 0.3 is 0 Å². The van der Waals surface area contributed by atoms with Crippen molar-refractivity contribution in [2.45, 2.75) is 20.8 Å². The number of dihydropyridines is 1. The molecule has 0 spiro atoms. The van der Waals surface area contributed by atoms with Crippen molar-refractivity contribution in [3.05, 3.63) is 87.2 Å². The van der Waals surface area contributed by atoms with Gasteiger partial charge in [-0.25, -0.2) is 0 Å². The predicted octanol–water partition coefficient (Wildman–Crippen LogP) is 2.04. The summed E-state index contributed by atoms with van der Waals surface area (Å²) in [6.45, 7) is 5.89. The first-order valence-corrected chi connectivity index (χ1v) is 7.22. The molecule has 4 nitrogen and oxygen atoms in total. The molecule has 2 N–H and O–H groups in total. The molecule has 0 radical (unpaired) electrons. The first kappa shape index (κ1) is 14.5. The van der Waals surface area contributed by atoms with Crippen LogP contribution in [0.4, 0.5) is 0 Å². The lowest BCUT2D eigenvalue weighted by Crippen LogP contribution is -3.05. The lowest BCUT2D eigenvalue weighted by atomic mass is 10.00. The Hall–Kier alpha value is -2.43. The van der Waals surface area contributed by atoms with Crippen LogP contribution in [0.3, 0.4) is 0 Å². The number of Topliss-reactive ketones (excluding diaryl/α,β-unsaturated/α-hetero) is 1. The monoisotopic (exact) mass is 294 g/mol. The van der Waals surface area contributed by atoms with E-state index in [0.717, 1.165) is 22.5 Å². The van der Waals surface area contributed by atoms with E-state index in [-0.39, 0.29) is 16.5 Å². The Morgan fingerprint density at radius 1 is 1.05 bits per heavy atom. The van der Waals surface area contributed by atoms with Gasteiger partial charge in [0.25, 0.3) is 0 Å². The Bertz CT molecular complexity index is 782. The minimum atomic E-state index is -0.226. The first-order valence-electron chi connectivity index (χ1n) is 7.22. The van der Waals surface area contributed by atoms with Crippen molar-refractivity contribution in [3.8, 4) is 0 Å². The summed E-state index contributed by atoms with van der Waals surface area (Å²) in [4.78, 5) is 12.6. The van der Waals surface area contributed by atoms with Crippen LogP contribution in [0.15, 0.2) is 65.3 Å². The summed E-state index contributed by atoms with van der Waals surface area (Å²) in [5.74, 6) is -0.226. The number of quaternary nitrogens is 1. The Balaban J connectivity index is 1.96. The lowest BCUT2D eigenvalue weighted by molar-refractivity contribution is -0.755. The van der Waals surface area contributed by atoms with Crippen LogP contribution in [0.25, 0.3) is 0 Å². The quantitative estimate of drug-likeness (QED) is 0.648. The number of aryl methyl sites for hydroxylation is 2. The average molecular weight is 294 g/mol. The molecule has 2 heterocycles. The molecule has 0 saturated heterocycles. The minimum absolute atomic E-state index is 0.216. The second-order valence-electron chi connectivity index (χ2n) is 5.67. The Morgan fingerprint density at radius 2 is 1.82 bits per heavy atom. The molecule has 0 fully saturated rings. The van der Waals surface area contributed by atoms with E-state index in [0.29, 0.717) is 11.3 Å². The van der Waals surface area contributed by atoms with E-state index in [9.17, 15) is 10.0 Å². The molecule has 0 amide bonds. The highest BCUT2D eigenvalue weighted by Gasteiger charge is 2.28. The molecule has 0 aliphatic carbocycles. The van der Waals surface area contributed by atoms with Crippen molar-refractivity contribution in [2.24, 2.45) is 0 Å². The summed E-state index contributed by atoms with van der Waals surface area (Å²) in [5.41, 5.74) is 5.20. The van der Waals surface area contributed by atoms with Gasteiger partial charge in [0, 0.05) is 23.4 Å². The van der Waals surface area contributed by atoms with Gasteiger partial charge in [0.2, 0.25) is 5.78 Å². The number of carbonyl (C=O) groups excluding carboxylic acids is 1. The number of hydrogen-bond donors (Lipinski definition) is 2. The number of hydrogen-bond acceptors (Lipinski definition) is 3. The Labute approximate surface area is 129 Å². The second-order valence-corrected chi connectivity index (χ2v) is 5.67. The van der Waals surface area contributed by atoms with Gasteiger partial charge in [0.1, 0.15) is 5.70 Å². The molecule has 22 heavy (non-hydrogen) atoms. The van der Waals surface area contributed by atoms with Gasteiger partial charge in [-0.3, -0.25) is 4.79 Å². The van der Waals surface area contributed by atoms with E-state index in [4.69, 9.17) is 0 Å². The summed E-state index contributed by atoms with van der Waals surface area (Å²) >= 11 is 0. The highest BCUT2D eigenvalue weighted by atomic mass is 16.5. The van der Waals surface area contributed by atoms with Crippen molar-refractivity contribution in [3.63, 3.8) is 0 Å². The SMILES string of the molecule is CC1=CC=C2C(=CC=C(C(=O)c3ccc(C)c(C)c3)[NH+]2[O-])N1. The molecule has 2 aliphatic heterocycles. The standard InChI is InChI=1S/C18H18N2O2/c1-11-4-6-14(10-12(11)2)18(21)17-9-7-15-16(20(17)22)8-5-13(3)19-15/h4-10,19-20H,1-3H3. The Kier molecular flexibility index (Phi) is 3.56. The van der Waals surface area contributed by atoms with Crippen molar-refractivity contribution >= 4 is 5.78 Å². The molecule has 0 bridgehead atoms. The zero-order valence-corrected chi connectivity index (χ0v) is 12.9. The number of fused-ring (bicyclic) bond motifs is 1. The highest BCUT2D eigenvalue weighted by molar-refractivity contribution is 6.07. The molecule has 3 rings (SSSR count). The molecule has 112 valence electrons. The maximum absolute atomic E-state index is 12.6. The van der Waals surface area contributed by atoms with E-state index < -0.39 is 0 Å². The van der Waals surface area contributed by atoms with E-state index in [1.807, 2.05) is 39.0 Å². The first-order chi connectivity index (χ1) is 10.5. The van der Waals surface area contributed by atoms with Crippen LogP contribution < -0.4 is 10.4 Å². The van der Waals surface area contributed by atoms with E-state index >= 15 is 0 Å². The zero-order valence-electron chi connectivity index (χ0n) is 12.9. The number of ketones is 1. The molecule has 0 saturated carbocycles. The third kappa shape index (κ3) is 2.43. The maximum atomic E-state index is 12.6. The summed E-state index contributed by atoms with van der Waals surface area (Å²) in [6.07, 6.45) is 7.00. The number of allylic oxidation sites excluding steroid dienone is 6. The highest BCUT2D eigenvalue weighted by Crippen LogP contribution is 2.17. The minimum Gasteiger partial charge on any atom is -0.623 e. The van der Waals surface area contributed by atoms with Crippen LogP contribution in [-0.4, -0.2) is 5.78 Å². The Morgan fingerprint density at radius 3 is 2.55 bits per heavy atom. The molecule has 1 aromatic carbocycles. The van der Waals surface area contributed by atoms with Crippen molar-refractivity contribution in [1.82, 2.24) is 5.32 Å². The van der Waals surface area contributed by atoms with Crippen LogP contribution in [0, 0.1) is 19.1 Å². The third-order valence-corrected chi connectivity index (χ3v) is 4.04. The molecule has 0 aromatic heterocycles. The van der Waals surface area contributed by atoms with Gasteiger partial charge in [0.15, 0.2) is 11.4 Å². The normalized spacial score (nSPS) is 20.1. The summed E-state index contributed by atoms with van der Waals surface area (Å²) < 4.78 is 0. The fraction of sp³-hybridized carbons (Fsp3) is 0.167. The summed E-state index contributed by atoms with van der Waals surface area (Å²) in [5, 5.41) is 15.5. The van der Waals surface area contributed by atoms with Gasteiger partial charge in [-0.05, 0) is 50.1 Å². The summed E-state index contributed by atoms with van der Waals surface area (Å²) in [7, 11) is 0. The zero-order chi connectivity index (χ0) is 15.9. The van der Waals surface area contributed by atoms with Crippen LogP contribution >= 0.6 is 0 Å². The summed E-state index contributed by atoms with van der Waals surface area (Å²) in [6, 6.07) is 5.52. The van der Waals surface area contributed by atoms with Crippen LogP contribution in [0.2, 0.25) is 0 Å². The topological polar surface area (TPSA) is 56.6 Å². The van der Waals surface area contributed by atoms with Gasteiger partial charge in [-0.2, -0.15) is 0 Å². The molecule has 1 unspecified atom stereocenters. The lowest BCUT2D eigenvalue weighted by Gasteiger charge is -2.31. The number of hydroxylamine groups is 2. The number of rotatable bonds is 2. The smallest absolute Gasteiger partial charge is 0.246 e. The fourth-order valence-electron chi connectivity index (χ4n) is 2.55. The van der Waals surface area contributed by atoms with E-state index in [2.05, 4.69) is 5.32 Å². The number of benzene rings is 1. The number of carbonyl (C=O) groups is 1. The largest absolute Gasteiger partial charge is 0.623 e. The van der Waals surface area contributed by atoms with Gasteiger partial charge in [-0.15, -0.1) is 0 Å². The molecular weight excluding hydrogens is 276 g/mol. The molecule has 4 heteroatoms. The number of nitrogens with one attached hydrogen (secondary N) is 2. The predicted molar refractivity (Wildman–Crippen MR) is 85.7 cm³/mol. The molecule has 1 aromatic rings. The molecule has 2 aliphatic rings. The third-order valence-electron chi connectivity index (χ3n) is 4.04. The average Bonchev–Trinajstić information content (AvgIpc) is 2.49. The molecule has 1 atom stereocenters. The van der Waals surface area contributed by atoms with Crippen molar-refractivity contribution in [2.75, 3.05) is 0 Å². The van der Waals surface area contributed by atoms with Gasteiger partial charge in [-0.1, -0.05) is 12.1 Å². The van der Waals surface area contributed by atoms with Crippen LogP contribution in [-0.2, 0) is 0 Å². The van der Waals surface area contributed by atoms with E-state index in [1.54, 1.807) is 24.3 Å². The second kappa shape index (κ2) is 5.40.